The maximum Gasteiger partial charge on any atom is 0.331 e. The molecule has 1 aliphatic rings. The van der Waals surface area contributed by atoms with E-state index in [1.807, 2.05) is 45.0 Å². The van der Waals surface area contributed by atoms with Gasteiger partial charge in [0.2, 0.25) is 5.88 Å². The second-order valence-electron chi connectivity index (χ2n) is 9.36. The molecule has 0 fully saturated rings. The molecule has 4 aromatic rings. The molecule has 4 heterocycles. The lowest BCUT2D eigenvalue weighted by Gasteiger charge is -2.23. The van der Waals surface area contributed by atoms with Gasteiger partial charge in [0.05, 0.1) is 11.2 Å². The van der Waals surface area contributed by atoms with Gasteiger partial charge in [0.15, 0.2) is 5.82 Å². The smallest absolute Gasteiger partial charge is 0.331 e. The number of nitrogens with one attached hydrogen (secondary N) is 2. The van der Waals surface area contributed by atoms with E-state index in [1.165, 1.54) is 10.9 Å². The fraction of sp³-hybridized carbons (Fsp3) is 0.333. The van der Waals surface area contributed by atoms with Crippen LogP contribution in [0.1, 0.15) is 44.7 Å². The lowest BCUT2D eigenvalue weighted by atomic mass is 9.93. The van der Waals surface area contributed by atoms with Crippen LogP contribution in [0.5, 0.6) is 11.6 Å². The molecule has 0 saturated heterocycles. The normalized spacial score (nSPS) is 15.9. The highest BCUT2D eigenvalue weighted by molar-refractivity contribution is 5.98. The van der Waals surface area contributed by atoms with Crippen molar-refractivity contribution < 1.29 is 14.1 Å². The molecular formula is C24H26N6O3. The number of carbonyl (C=O) groups is 1. The first-order chi connectivity index (χ1) is 15.8. The zero-order valence-corrected chi connectivity index (χ0v) is 19.0. The molecule has 9 heteroatoms. The summed E-state index contributed by atoms with van der Waals surface area (Å²) < 4.78 is 13.0. The predicted molar refractivity (Wildman–Crippen MR) is 124 cm³/mol. The summed E-state index contributed by atoms with van der Waals surface area (Å²) in [5, 5.41) is 11.0. The molecule has 1 aromatic carbocycles. The number of amides is 1. The first-order valence-electron chi connectivity index (χ1n) is 10.9. The molecule has 0 spiro atoms. The van der Waals surface area contributed by atoms with Crippen LogP contribution in [0, 0.1) is 0 Å². The van der Waals surface area contributed by atoms with Gasteiger partial charge in [0.1, 0.15) is 17.8 Å². The van der Waals surface area contributed by atoms with E-state index < -0.39 is 0 Å². The Morgan fingerprint density at radius 1 is 1.24 bits per heavy atom. The van der Waals surface area contributed by atoms with E-state index in [2.05, 4.69) is 32.7 Å². The Kier molecular flexibility index (Phi) is 5.13. The third-order valence-electron chi connectivity index (χ3n) is 5.70. The number of hydrogen-bond donors (Lipinski definition) is 2. The summed E-state index contributed by atoms with van der Waals surface area (Å²) in [7, 11) is 0. The van der Waals surface area contributed by atoms with E-state index in [9.17, 15) is 4.79 Å². The maximum absolute atomic E-state index is 12.8. The van der Waals surface area contributed by atoms with Crippen molar-refractivity contribution in [1.29, 1.82) is 0 Å². The molecule has 0 unspecified atom stereocenters. The number of hydrogen-bond acceptors (Lipinski definition) is 7. The monoisotopic (exact) mass is 446 g/mol. The highest BCUT2D eigenvalue weighted by Crippen LogP contribution is 2.30. The molecule has 170 valence electrons. The van der Waals surface area contributed by atoms with Crippen molar-refractivity contribution in [2.45, 2.75) is 52.1 Å². The molecular weight excluding hydrogens is 420 g/mol. The number of anilines is 1. The summed E-state index contributed by atoms with van der Waals surface area (Å²) in [6.07, 6.45) is 4.05. The summed E-state index contributed by atoms with van der Waals surface area (Å²) in [6.45, 7) is 8.89. The van der Waals surface area contributed by atoms with Crippen molar-refractivity contribution in [3.63, 3.8) is 0 Å². The molecule has 1 atom stereocenters. The summed E-state index contributed by atoms with van der Waals surface area (Å²) >= 11 is 0. The van der Waals surface area contributed by atoms with E-state index in [-0.39, 0.29) is 11.4 Å². The summed E-state index contributed by atoms with van der Waals surface area (Å²) in [6, 6.07) is 9.21. The third kappa shape index (κ3) is 4.19. The number of ether oxygens (including phenoxy) is 1. The molecule has 1 amide bonds. The van der Waals surface area contributed by atoms with Crippen molar-refractivity contribution in [2.24, 2.45) is 0 Å². The van der Waals surface area contributed by atoms with E-state index in [1.54, 1.807) is 12.3 Å². The molecule has 0 radical (unpaired) electrons. The van der Waals surface area contributed by atoms with Gasteiger partial charge in [0.25, 0.3) is 0 Å². The SMILES string of the molecule is C[C@@H]1Cc2c(ncnc2Oc2ccc3c(ccn3C(=O)Nc3cc(C(C)(C)C)on3)c2)CN1. The van der Waals surface area contributed by atoms with Crippen LogP contribution in [-0.4, -0.2) is 31.8 Å². The van der Waals surface area contributed by atoms with Crippen LogP contribution in [0.2, 0.25) is 0 Å². The van der Waals surface area contributed by atoms with Crippen LogP contribution in [0.3, 0.4) is 0 Å². The van der Waals surface area contributed by atoms with Gasteiger partial charge in [-0.2, -0.15) is 0 Å². The van der Waals surface area contributed by atoms with Crippen molar-refractivity contribution in [3.05, 3.63) is 59.9 Å². The molecule has 0 bridgehead atoms. The van der Waals surface area contributed by atoms with Gasteiger partial charge in [-0.1, -0.05) is 25.9 Å². The molecule has 3 aromatic heterocycles. The van der Waals surface area contributed by atoms with Crippen LogP contribution in [-0.2, 0) is 18.4 Å². The lowest BCUT2D eigenvalue weighted by Crippen LogP contribution is -2.33. The number of fused-ring (bicyclic) bond motifs is 2. The van der Waals surface area contributed by atoms with E-state index >= 15 is 0 Å². The number of carbonyl (C=O) groups excluding carboxylic acids is 1. The van der Waals surface area contributed by atoms with E-state index in [0.29, 0.717) is 35.8 Å². The van der Waals surface area contributed by atoms with Crippen molar-refractivity contribution in [1.82, 2.24) is 25.0 Å². The Hall–Kier alpha value is -3.72. The van der Waals surface area contributed by atoms with Crippen LogP contribution in [0.4, 0.5) is 10.6 Å². The molecule has 33 heavy (non-hydrogen) atoms. The van der Waals surface area contributed by atoms with Gasteiger partial charge in [0, 0.05) is 41.2 Å². The zero-order valence-electron chi connectivity index (χ0n) is 19.0. The van der Waals surface area contributed by atoms with Gasteiger partial charge in [-0.05, 0) is 37.6 Å². The van der Waals surface area contributed by atoms with Crippen LogP contribution >= 0.6 is 0 Å². The summed E-state index contributed by atoms with van der Waals surface area (Å²) in [5.41, 5.74) is 2.55. The molecule has 2 N–H and O–H groups in total. The van der Waals surface area contributed by atoms with Gasteiger partial charge in [-0.3, -0.25) is 9.88 Å². The second-order valence-corrected chi connectivity index (χ2v) is 9.36. The van der Waals surface area contributed by atoms with Crippen molar-refractivity contribution >= 4 is 22.8 Å². The Morgan fingerprint density at radius 2 is 2.09 bits per heavy atom. The Bertz CT molecular complexity index is 1330. The predicted octanol–water partition coefficient (Wildman–Crippen LogP) is 4.62. The number of benzene rings is 1. The van der Waals surface area contributed by atoms with Crippen LogP contribution < -0.4 is 15.4 Å². The average Bonchev–Trinajstić information content (AvgIpc) is 3.41. The van der Waals surface area contributed by atoms with Gasteiger partial charge in [-0.25, -0.2) is 14.8 Å². The number of nitrogens with zero attached hydrogens (tertiary/aromatic N) is 4. The first-order valence-corrected chi connectivity index (χ1v) is 10.9. The van der Waals surface area contributed by atoms with E-state index in [4.69, 9.17) is 9.26 Å². The number of rotatable bonds is 3. The van der Waals surface area contributed by atoms with E-state index in [0.717, 1.165) is 28.6 Å². The fourth-order valence-corrected chi connectivity index (χ4v) is 3.86. The minimum Gasteiger partial charge on any atom is -0.439 e. The zero-order chi connectivity index (χ0) is 23.2. The first kappa shape index (κ1) is 21.1. The van der Waals surface area contributed by atoms with Crippen LogP contribution in [0.15, 0.2) is 47.4 Å². The largest absolute Gasteiger partial charge is 0.439 e. The highest BCUT2D eigenvalue weighted by Gasteiger charge is 2.22. The molecule has 0 aliphatic carbocycles. The summed E-state index contributed by atoms with van der Waals surface area (Å²) in [5.74, 6) is 2.31. The molecule has 0 saturated carbocycles. The van der Waals surface area contributed by atoms with Crippen molar-refractivity contribution in [2.75, 3.05) is 5.32 Å². The third-order valence-corrected chi connectivity index (χ3v) is 5.70. The summed E-state index contributed by atoms with van der Waals surface area (Å²) in [4.78, 5) is 21.6. The fourth-order valence-electron chi connectivity index (χ4n) is 3.86. The Morgan fingerprint density at radius 3 is 2.88 bits per heavy atom. The Balaban J connectivity index is 1.36. The highest BCUT2D eigenvalue weighted by atomic mass is 16.5. The van der Waals surface area contributed by atoms with Gasteiger partial charge >= 0.3 is 6.03 Å². The van der Waals surface area contributed by atoms with Crippen LogP contribution in [0.25, 0.3) is 10.9 Å². The Labute approximate surface area is 191 Å². The average molecular weight is 447 g/mol. The maximum atomic E-state index is 12.8. The minimum absolute atomic E-state index is 0.190. The quantitative estimate of drug-likeness (QED) is 0.473. The molecule has 9 nitrogen and oxygen atoms in total. The topological polar surface area (TPSA) is 107 Å². The van der Waals surface area contributed by atoms with Crippen molar-refractivity contribution in [3.8, 4) is 11.6 Å². The minimum atomic E-state index is -0.321. The molecule has 5 rings (SSSR count). The standard InChI is InChI=1S/C24H26N6O3/c1-14-9-17-18(12-25-14)26-13-27-22(17)32-16-5-6-19-15(10-16)7-8-30(19)23(31)28-21-11-20(33-29-21)24(2,3)4/h5-8,10-11,13-14,25H,9,12H2,1-4H3,(H,28,29,31)/t14-/m1/s1. The van der Waals surface area contributed by atoms with Gasteiger partial charge < -0.3 is 14.6 Å². The van der Waals surface area contributed by atoms with Gasteiger partial charge in [-0.15, -0.1) is 0 Å². The number of aromatic nitrogens is 4. The lowest BCUT2D eigenvalue weighted by molar-refractivity contribution is 0.254. The second kappa shape index (κ2) is 8.00. The molecule has 1 aliphatic heterocycles.